The Morgan fingerprint density at radius 2 is 1.72 bits per heavy atom. The number of amides is 1. The van der Waals surface area contributed by atoms with Gasteiger partial charge in [-0.2, -0.15) is 0 Å². The van der Waals surface area contributed by atoms with Crippen molar-refractivity contribution in [2.75, 3.05) is 64.5 Å². The summed E-state index contributed by atoms with van der Waals surface area (Å²) in [4.78, 5) is 22.1. The van der Waals surface area contributed by atoms with Crippen LogP contribution in [0, 0.1) is 0 Å². The molecule has 0 atom stereocenters. The predicted octanol–water partition coefficient (Wildman–Crippen LogP) is 3.47. The van der Waals surface area contributed by atoms with Crippen LogP contribution in [0.25, 0.3) is 0 Å². The summed E-state index contributed by atoms with van der Waals surface area (Å²) < 4.78 is 27.0. The van der Waals surface area contributed by atoms with Crippen LogP contribution in [0.3, 0.4) is 0 Å². The summed E-state index contributed by atoms with van der Waals surface area (Å²) in [5.74, 6) is 2.71. The zero-order valence-corrected chi connectivity index (χ0v) is 21.2. The van der Waals surface area contributed by atoms with Crippen LogP contribution in [0.2, 0.25) is 0 Å². The number of piperazine rings is 1. The van der Waals surface area contributed by atoms with Gasteiger partial charge >= 0.3 is 0 Å². The Bertz CT molecular complexity index is 1220. The van der Waals surface area contributed by atoms with Crippen LogP contribution in [0.15, 0.2) is 35.7 Å². The van der Waals surface area contributed by atoms with E-state index in [4.69, 9.17) is 23.7 Å². The van der Waals surface area contributed by atoms with E-state index in [1.54, 1.807) is 17.5 Å². The van der Waals surface area contributed by atoms with Crippen LogP contribution < -0.4 is 33.9 Å². The van der Waals surface area contributed by atoms with Crippen molar-refractivity contribution in [2.45, 2.75) is 6.54 Å². The van der Waals surface area contributed by atoms with Crippen molar-refractivity contribution >= 4 is 28.1 Å². The molecule has 190 valence electrons. The van der Waals surface area contributed by atoms with E-state index >= 15 is 0 Å². The van der Waals surface area contributed by atoms with Crippen LogP contribution >= 0.6 is 11.3 Å². The maximum Gasteiger partial charge on any atom is 0.275 e. The summed E-state index contributed by atoms with van der Waals surface area (Å²) >= 11 is 1.47. The maximum absolute atomic E-state index is 12.9. The van der Waals surface area contributed by atoms with E-state index in [9.17, 15) is 4.79 Å². The highest BCUT2D eigenvalue weighted by Crippen LogP contribution is 2.40. The Hall–Kier alpha value is -3.70. The first-order valence-corrected chi connectivity index (χ1v) is 12.4. The SMILES string of the molecule is COc1cc(NC(=O)c2csc(N3CCN(Cc4ccc5c(c4)OCO5)CC3)n2)cc(OC)c1OC. The summed E-state index contributed by atoms with van der Waals surface area (Å²) in [6.07, 6.45) is 0. The molecule has 1 amide bonds. The lowest BCUT2D eigenvalue weighted by Gasteiger charge is -2.34. The van der Waals surface area contributed by atoms with E-state index < -0.39 is 0 Å². The molecule has 2 aliphatic rings. The van der Waals surface area contributed by atoms with Gasteiger partial charge in [0.2, 0.25) is 12.5 Å². The summed E-state index contributed by atoms with van der Waals surface area (Å²) in [6.45, 7) is 4.62. The quantitative estimate of drug-likeness (QED) is 0.487. The number of anilines is 2. The molecule has 1 N–H and O–H groups in total. The minimum absolute atomic E-state index is 0.285. The molecule has 1 aromatic heterocycles. The number of rotatable bonds is 8. The zero-order chi connectivity index (χ0) is 25.1. The molecule has 11 heteroatoms. The Morgan fingerprint density at radius 3 is 2.42 bits per heavy atom. The number of methoxy groups -OCH3 is 3. The van der Waals surface area contributed by atoms with Gasteiger partial charge in [0.1, 0.15) is 5.69 Å². The molecule has 2 aliphatic heterocycles. The highest BCUT2D eigenvalue weighted by molar-refractivity contribution is 7.14. The highest BCUT2D eigenvalue weighted by Gasteiger charge is 2.22. The van der Waals surface area contributed by atoms with Gasteiger partial charge in [0, 0.05) is 55.9 Å². The van der Waals surface area contributed by atoms with E-state index in [1.807, 2.05) is 6.07 Å². The summed E-state index contributed by atoms with van der Waals surface area (Å²) in [5.41, 5.74) is 2.10. The molecule has 2 aromatic carbocycles. The van der Waals surface area contributed by atoms with Crippen molar-refractivity contribution in [1.29, 1.82) is 0 Å². The van der Waals surface area contributed by atoms with Crippen LogP contribution in [0.1, 0.15) is 16.1 Å². The molecule has 0 unspecified atom stereocenters. The largest absolute Gasteiger partial charge is 0.493 e. The molecule has 0 bridgehead atoms. The molecule has 0 radical (unpaired) electrons. The van der Waals surface area contributed by atoms with Gasteiger partial charge in [0.25, 0.3) is 5.91 Å². The first kappa shape index (κ1) is 24.0. The third-order valence-corrected chi connectivity index (χ3v) is 7.03. The second kappa shape index (κ2) is 10.5. The first-order chi connectivity index (χ1) is 17.6. The van der Waals surface area contributed by atoms with Crippen molar-refractivity contribution < 1.29 is 28.5 Å². The molecule has 1 saturated heterocycles. The van der Waals surface area contributed by atoms with Crippen LogP contribution in [-0.4, -0.2) is 70.1 Å². The number of carbonyl (C=O) groups excluding carboxylic acids is 1. The monoisotopic (exact) mass is 512 g/mol. The Labute approximate surface area is 213 Å². The number of nitrogens with zero attached hydrogens (tertiary/aromatic N) is 3. The second-order valence-corrected chi connectivity index (χ2v) is 9.17. The minimum atomic E-state index is -0.298. The van der Waals surface area contributed by atoms with Crippen molar-refractivity contribution in [1.82, 2.24) is 9.88 Å². The van der Waals surface area contributed by atoms with Gasteiger partial charge in [-0.15, -0.1) is 11.3 Å². The normalized spacial score (nSPS) is 15.0. The topological polar surface area (TPSA) is 94.6 Å². The highest BCUT2D eigenvalue weighted by atomic mass is 32.1. The summed E-state index contributed by atoms with van der Waals surface area (Å²) in [7, 11) is 4.60. The van der Waals surface area contributed by atoms with Crippen molar-refractivity contribution in [3.05, 3.63) is 47.0 Å². The Balaban J connectivity index is 1.18. The minimum Gasteiger partial charge on any atom is -0.493 e. The van der Waals surface area contributed by atoms with Gasteiger partial charge in [0.05, 0.1) is 21.3 Å². The van der Waals surface area contributed by atoms with Gasteiger partial charge in [0.15, 0.2) is 28.1 Å². The molecule has 0 aliphatic carbocycles. The van der Waals surface area contributed by atoms with Gasteiger partial charge in [-0.1, -0.05) is 6.07 Å². The maximum atomic E-state index is 12.9. The zero-order valence-electron chi connectivity index (χ0n) is 20.4. The number of hydrogen-bond donors (Lipinski definition) is 1. The van der Waals surface area contributed by atoms with Crippen molar-refractivity contribution in [3.63, 3.8) is 0 Å². The Kier molecular flexibility index (Phi) is 7.01. The number of nitrogens with one attached hydrogen (secondary N) is 1. The summed E-state index contributed by atoms with van der Waals surface area (Å²) in [6, 6.07) is 9.47. The molecular weight excluding hydrogens is 484 g/mol. The molecular formula is C25H28N4O6S. The van der Waals surface area contributed by atoms with Gasteiger partial charge in [-0.05, 0) is 17.7 Å². The fraction of sp³-hybridized carbons (Fsp3) is 0.360. The fourth-order valence-electron chi connectivity index (χ4n) is 4.26. The average Bonchev–Trinajstić information content (AvgIpc) is 3.58. The number of hydrogen-bond acceptors (Lipinski definition) is 10. The number of thiazole rings is 1. The van der Waals surface area contributed by atoms with Gasteiger partial charge < -0.3 is 33.9 Å². The van der Waals surface area contributed by atoms with E-state index in [0.29, 0.717) is 28.6 Å². The lowest BCUT2D eigenvalue weighted by Crippen LogP contribution is -2.46. The molecule has 5 rings (SSSR count). The molecule has 36 heavy (non-hydrogen) atoms. The van der Waals surface area contributed by atoms with Gasteiger partial charge in [-0.3, -0.25) is 9.69 Å². The lowest BCUT2D eigenvalue weighted by atomic mass is 10.1. The number of carbonyl (C=O) groups is 1. The van der Waals surface area contributed by atoms with E-state index in [1.165, 1.54) is 38.2 Å². The lowest BCUT2D eigenvalue weighted by molar-refractivity contribution is 0.102. The first-order valence-electron chi connectivity index (χ1n) is 11.5. The van der Waals surface area contributed by atoms with Crippen LogP contribution in [-0.2, 0) is 6.54 Å². The number of fused-ring (bicyclic) bond motifs is 1. The molecule has 0 spiro atoms. The van der Waals surface area contributed by atoms with Gasteiger partial charge in [-0.25, -0.2) is 4.98 Å². The molecule has 0 saturated carbocycles. The molecule has 3 aromatic rings. The summed E-state index contributed by atoms with van der Waals surface area (Å²) in [5, 5.41) is 5.49. The third-order valence-electron chi connectivity index (χ3n) is 6.13. The number of ether oxygens (including phenoxy) is 5. The van der Waals surface area contributed by atoms with E-state index in [0.717, 1.165) is 49.4 Å². The van der Waals surface area contributed by atoms with Crippen LogP contribution in [0.5, 0.6) is 28.7 Å². The predicted molar refractivity (Wildman–Crippen MR) is 136 cm³/mol. The van der Waals surface area contributed by atoms with Crippen molar-refractivity contribution in [3.8, 4) is 28.7 Å². The van der Waals surface area contributed by atoms with Crippen molar-refractivity contribution in [2.24, 2.45) is 0 Å². The standard InChI is InChI=1S/C25H28N4O6S/c1-31-21-11-17(12-22(32-2)23(21)33-3)26-24(30)18-14-36-25(27-18)29-8-6-28(7-9-29)13-16-4-5-19-20(10-16)35-15-34-19/h4-5,10-12,14H,6-9,13,15H2,1-3H3,(H,26,30). The smallest absolute Gasteiger partial charge is 0.275 e. The Morgan fingerprint density at radius 1 is 1.00 bits per heavy atom. The van der Waals surface area contributed by atoms with Crippen LogP contribution in [0.4, 0.5) is 10.8 Å². The van der Waals surface area contributed by atoms with E-state index in [2.05, 4.69) is 32.2 Å². The number of aromatic nitrogens is 1. The second-order valence-electron chi connectivity index (χ2n) is 8.33. The molecule has 3 heterocycles. The average molecular weight is 513 g/mol. The van der Waals surface area contributed by atoms with E-state index in [-0.39, 0.29) is 12.7 Å². The fourth-order valence-corrected chi connectivity index (χ4v) is 5.12. The molecule has 10 nitrogen and oxygen atoms in total. The molecule has 1 fully saturated rings. The third kappa shape index (κ3) is 4.98. The number of benzene rings is 2.